The zero-order valence-corrected chi connectivity index (χ0v) is 16.6. The molecule has 0 saturated heterocycles. The van der Waals surface area contributed by atoms with Gasteiger partial charge in [-0.2, -0.15) is 13.2 Å². The summed E-state index contributed by atoms with van der Waals surface area (Å²) in [6.07, 6.45) is 0.930. The third-order valence-corrected chi connectivity index (χ3v) is 6.42. The van der Waals surface area contributed by atoms with Crippen molar-refractivity contribution in [2.45, 2.75) is 57.7 Å². The van der Waals surface area contributed by atoms with Crippen LogP contribution in [0.2, 0.25) is 0 Å². The Morgan fingerprint density at radius 2 is 2.00 bits per heavy atom. The number of nitrogens with zero attached hydrogens (tertiary/aromatic N) is 2. The number of nitrogens with one attached hydrogen (secondary N) is 2. The van der Waals surface area contributed by atoms with Gasteiger partial charge in [0.25, 0.3) is 0 Å². The van der Waals surface area contributed by atoms with Crippen LogP contribution in [-0.2, 0) is 0 Å². The highest BCUT2D eigenvalue weighted by atomic mass is 32.1. The fourth-order valence-electron chi connectivity index (χ4n) is 3.15. The minimum Gasteiger partial charge on any atom is -0.320 e. The second-order valence-corrected chi connectivity index (χ2v) is 9.24. The number of thiazole rings is 2. The molecular formula is C17H21F3N4OS2. The number of anilines is 1. The normalized spacial score (nSPS) is 18.9. The average Bonchev–Trinajstić information content (AvgIpc) is 3.23. The van der Waals surface area contributed by atoms with Gasteiger partial charge in [0.05, 0.1) is 5.69 Å². The Morgan fingerprint density at radius 3 is 2.59 bits per heavy atom. The average molecular weight is 419 g/mol. The van der Waals surface area contributed by atoms with Crippen LogP contribution < -0.4 is 10.6 Å². The summed E-state index contributed by atoms with van der Waals surface area (Å²) < 4.78 is 39.6. The van der Waals surface area contributed by atoms with Gasteiger partial charge in [-0.05, 0) is 31.1 Å². The van der Waals surface area contributed by atoms with Crippen LogP contribution in [0.1, 0.15) is 62.2 Å². The number of carbonyl (C=O) groups excluding carboxylic acids is 1. The van der Waals surface area contributed by atoms with Gasteiger partial charge in [0, 0.05) is 22.9 Å². The Labute approximate surface area is 163 Å². The van der Waals surface area contributed by atoms with E-state index in [2.05, 4.69) is 29.1 Å². The van der Waals surface area contributed by atoms with E-state index in [1.54, 1.807) is 0 Å². The van der Waals surface area contributed by atoms with Gasteiger partial charge < -0.3 is 5.32 Å². The number of halogens is 3. The summed E-state index contributed by atoms with van der Waals surface area (Å²) in [5.41, 5.74) is 1.24. The summed E-state index contributed by atoms with van der Waals surface area (Å²) in [5, 5.41) is 7.77. The van der Waals surface area contributed by atoms with Gasteiger partial charge in [-0.3, -0.25) is 5.32 Å². The number of carbonyl (C=O) groups is 1. The summed E-state index contributed by atoms with van der Waals surface area (Å²) in [7, 11) is 0. The van der Waals surface area contributed by atoms with Crippen LogP contribution in [0.5, 0.6) is 0 Å². The van der Waals surface area contributed by atoms with Gasteiger partial charge in [-0.15, -0.1) is 22.7 Å². The molecule has 5 nitrogen and oxygen atoms in total. The summed E-state index contributed by atoms with van der Waals surface area (Å²) >= 11 is 2.07. The van der Waals surface area contributed by atoms with E-state index in [4.69, 9.17) is 0 Å². The van der Waals surface area contributed by atoms with Crippen molar-refractivity contribution in [3.8, 4) is 0 Å². The maximum absolute atomic E-state index is 13.2. The number of hydrogen-bond donors (Lipinski definition) is 2. The Hall–Kier alpha value is -1.68. The van der Waals surface area contributed by atoms with E-state index in [1.807, 2.05) is 10.7 Å². The summed E-state index contributed by atoms with van der Waals surface area (Å²) in [6, 6.07) is -3.09. The Bertz CT molecular complexity index is 763. The van der Waals surface area contributed by atoms with Gasteiger partial charge in [0.1, 0.15) is 5.01 Å². The van der Waals surface area contributed by atoms with Crippen molar-refractivity contribution >= 4 is 33.8 Å². The molecule has 27 heavy (non-hydrogen) atoms. The lowest BCUT2D eigenvalue weighted by molar-refractivity contribution is -0.154. The molecule has 1 fully saturated rings. The zero-order valence-electron chi connectivity index (χ0n) is 15.0. The van der Waals surface area contributed by atoms with Crippen molar-refractivity contribution in [2.75, 3.05) is 5.32 Å². The highest BCUT2D eigenvalue weighted by molar-refractivity contribution is 7.14. The number of aromatic nitrogens is 2. The van der Waals surface area contributed by atoms with Gasteiger partial charge in [0.2, 0.25) is 0 Å². The van der Waals surface area contributed by atoms with E-state index in [9.17, 15) is 18.0 Å². The molecule has 1 aliphatic rings. The van der Waals surface area contributed by atoms with Gasteiger partial charge in [-0.25, -0.2) is 14.8 Å². The molecule has 0 spiro atoms. The van der Waals surface area contributed by atoms with Crippen LogP contribution in [0.3, 0.4) is 0 Å². The van der Waals surface area contributed by atoms with Crippen LogP contribution in [0.4, 0.5) is 23.1 Å². The first kappa shape index (κ1) is 20.1. The molecular weight excluding hydrogens is 397 g/mol. The van der Waals surface area contributed by atoms with E-state index in [0.717, 1.165) is 42.7 Å². The van der Waals surface area contributed by atoms with Crippen molar-refractivity contribution in [1.29, 1.82) is 0 Å². The number of urea groups is 1. The molecule has 3 rings (SSSR count). The van der Waals surface area contributed by atoms with E-state index in [1.165, 1.54) is 22.9 Å². The predicted octanol–water partition coefficient (Wildman–Crippen LogP) is 5.71. The minimum absolute atomic E-state index is 0.206. The standard InChI is InChI=1S/C17H21F3N4OS2/c1-16(2)5-3-10(4-6-16)11-9-27-15(22-11)24-14(25)23-12(17(18,19)20)13-21-7-8-26-13/h7-10,12H,3-6H2,1-2H3,(H2,22,23,24,25). The molecule has 0 aliphatic heterocycles. The Kier molecular flexibility index (Phi) is 5.76. The maximum atomic E-state index is 13.2. The molecule has 0 bridgehead atoms. The third-order valence-electron chi connectivity index (χ3n) is 4.80. The fourth-order valence-corrected chi connectivity index (χ4v) is 4.65. The van der Waals surface area contributed by atoms with Gasteiger partial charge >= 0.3 is 12.2 Å². The second kappa shape index (κ2) is 7.75. The molecule has 1 aliphatic carbocycles. The van der Waals surface area contributed by atoms with Crippen molar-refractivity contribution < 1.29 is 18.0 Å². The highest BCUT2D eigenvalue weighted by Gasteiger charge is 2.43. The lowest BCUT2D eigenvalue weighted by Gasteiger charge is -2.33. The lowest BCUT2D eigenvalue weighted by atomic mass is 9.72. The van der Waals surface area contributed by atoms with Crippen molar-refractivity contribution in [2.24, 2.45) is 5.41 Å². The Balaban J connectivity index is 1.61. The molecule has 148 valence electrons. The monoisotopic (exact) mass is 418 g/mol. The van der Waals surface area contributed by atoms with Crippen LogP contribution in [0, 0.1) is 5.41 Å². The molecule has 0 radical (unpaired) electrons. The zero-order chi connectivity index (χ0) is 19.7. The lowest BCUT2D eigenvalue weighted by Crippen LogP contribution is -2.40. The molecule has 0 aromatic carbocycles. The fraction of sp³-hybridized carbons (Fsp3) is 0.588. The molecule has 1 unspecified atom stereocenters. The largest absolute Gasteiger partial charge is 0.415 e. The topological polar surface area (TPSA) is 66.9 Å². The first-order valence-corrected chi connectivity index (χ1v) is 10.4. The first-order chi connectivity index (χ1) is 12.6. The van der Waals surface area contributed by atoms with Gasteiger partial charge in [-0.1, -0.05) is 13.8 Å². The highest BCUT2D eigenvalue weighted by Crippen LogP contribution is 2.42. The smallest absolute Gasteiger partial charge is 0.320 e. The number of hydrogen-bond acceptors (Lipinski definition) is 5. The number of alkyl halides is 3. The van der Waals surface area contributed by atoms with Crippen LogP contribution in [0.15, 0.2) is 17.0 Å². The molecule has 2 aromatic rings. The molecule has 2 aromatic heterocycles. The maximum Gasteiger partial charge on any atom is 0.415 e. The molecule has 1 saturated carbocycles. The summed E-state index contributed by atoms with van der Waals surface area (Å²) in [4.78, 5) is 20.1. The van der Waals surface area contributed by atoms with E-state index in [0.29, 0.717) is 16.5 Å². The predicted molar refractivity (Wildman–Crippen MR) is 100 cm³/mol. The van der Waals surface area contributed by atoms with Crippen molar-refractivity contribution in [1.82, 2.24) is 15.3 Å². The van der Waals surface area contributed by atoms with Crippen molar-refractivity contribution in [3.05, 3.63) is 27.7 Å². The van der Waals surface area contributed by atoms with Crippen LogP contribution in [0.25, 0.3) is 0 Å². The van der Waals surface area contributed by atoms with Crippen LogP contribution in [-0.4, -0.2) is 22.2 Å². The quantitative estimate of drug-likeness (QED) is 0.668. The second-order valence-electron chi connectivity index (χ2n) is 7.46. The molecule has 2 amide bonds. The first-order valence-electron chi connectivity index (χ1n) is 8.63. The van der Waals surface area contributed by atoms with Gasteiger partial charge in [0.15, 0.2) is 11.2 Å². The molecule has 2 heterocycles. The molecule has 10 heteroatoms. The number of amides is 2. The number of rotatable bonds is 4. The van der Waals surface area contributed by atoms with E-state index >= 15 is 0 Å². The van der Waals surface area contributed by atoms with Crippen molar-refractivity contribution in [3.63, 3.8) is 0 Å². The molecule has 2 N–H and O–H groups in total. The third kappa shape index (κ3) is 5.19. The van der Waals surface area contributed by atoms with Crippen LogP contribution >= 0.6 is 22.7 Å². The summed E-state index contributed by atoms with van der Waals surface area (Å²) in [6.45, 7) is 4.50. The SMILES string of the molecule is CC1(C)CCC(c2csc(NC(=O)NC(c3nccs3)C(F)(F)F)n2)CC1. The molecule has 1 atom stereocenters. The van der Waals surface area contributed by atoms with E-state index in [-0.39, 0.29) is 5.01 Å². The van der Waals surface area contributed by atoms with E-state index < -0.39 is 18.2 Å². The Morgan fingerprint density at radius 1 is 1.30 bits per heavy atom. The minimum atomic E-state index is -4.63. The summed E-state index contributed by atoms with van der Waals surface area (Å²) in [5.74, 6) is 0.339.